The Morgan fingerprint density at radius 2 is 2.41 bits per heavy atom. The normalized spacial score (nSPS) is 30.0. The molecule has 5 nitrogen and oxygen atoms in total. The van der Waals surface area contributed by atoms with Crippen LogP contribution in [-0.4, -0.2) is 53.1 Å². The minimum absolute atomic E-state index is 0.394. The molecular weight excluding hydrogens is 218 g/mol. The topological polar surface area (TPSA) is 50.5 Å². The third-order valence-electron chi connectivity index (χ3n) is 3.60. The molecule has 1 aliphatic rings. The van der Waals surface area contributed by atoms with Crippen molar-refractivity contribution in [2.24, 2.45) is 0 Å². The molecule has 0 spiro atoms. The van der Waals surface area contributed by atoms with E-state index >= 15 is 0 Å². The van der Waals surface area contributed by atoms with Gasteiger partial charge in [-0.05, 0) is 26.5 Å². The number of likely N-dealkylation sites (tertiary alicyclic amines) is 1. The Labute approximate surface area is 102 Å². The van der Waals surface area contributed by atoms with Gasteiger partial charge in [-0.2, -0.15) is 5.10 Å². The average molecular weight is 239 g/mol. The van der Waals surface area contributed by atoms with Crippen molar-refractivity contribution in [3.05, 3.63) is 18.0 Å². The van der Waals surface area contributed by atoms with Gasteiger partial charge in [0, 0.05) is 25.9 Å². The molecule has 1 aliphatic heterocycles. The van der Waals surface area contributed by atoms with E-state index in [0.717, 1.165) is 12.1 Å². The molecule has 0 saturated carbocycles. The van der Waals surface area contributed by atoms with Crippen LogP contribution in [0.5, 0.6) is 0 Å². The van der Waals surface area contributed by atoms with Crippen LogP contribution in [0, 0.1) is 0 Å². The van der Waals surface area contributed by atoms with Gasteiger partial charge in [0.25, 0.3) is 0 Å². The Hall–Kier alpha value is -0.910. The third kappa shape index (κ3) is 2.36. The molecule has 0 aliphatic carbocycles. The van der Waals surface area contributed by atoms with Crippen LogP contribution < -0.4 is 0 Å². The SMILES string of the molecule is COCCn1nccc1C1(O)CC(C)N(C)C1. The molecule has 17 heavy (non-hydrogen) atoms. The zero-order valence-electron chi connectivity index (χ0n) is 10.8. The molecule has 5 heteroatoms. The second-order valence-electron chi connectivity index (χ2n) is 4.93. The van der Waals surface area contributed by atoms with Crippen LogP contribution in [0.4, 0.5) is 0 Å². The summed E-state index contributed by atoms with van der Waals surface area (Å²) in [4.78, 5) is 2.17. The van der Waals surface area contributed by atoms with Gasteiger partial charge in [-0.15, -0.1) is 0 Å². The Morgan fingerprint density at radius 1 is 1.65 bits per heavy atom. The van der Waals surface area contributed by atoms with Gasteiger partial charge in [-0.1, -0.05) is 0 Å². The van der Waals surface area contributed by atoms with Gasteiger partial charge in [-0.3, -0.25) is 4.68 Å². The fraction of sp³-hybridized carbons (Fsp3) is 0.750. The first-order valence-electron chi connectivity index (χ1n) is 6.00. The number of rotatable bonds is 4. The first-order chi connectivity index (χ1) is 8.07. The summed E-state index contributed by atoms with van der Waals surface area (Å²) in [7, 11) is 3.71. The largest absolute Gasteiger partial charge is 0.383 e. The van der Waals surface area contributed by atoms with E-state index in [9.17, 15) is 5.11 Å². The van der Waals surface area contributed by atoms with Crippen LogP contribution in [-0.2, 0) is 16.9 Å². The van der Waals surface area contributed by atoms with Crippen LogP contribution in [0.25, 0.3) is 0 Å². The van der Waals surface area contributed by atoms with Crippen molar-refractivity contribution in [3.8, 4) is 0 Å². The van der Waals surface area contributed by atoms with E-state index in [1.165, 1.54) is 0 Å². The smallest absolute Gasteiger partial charge is 0.120 e. The molecule has 0 bridgehead atoms. The van der Waals surface area contributed by atoms with Gasteiger partial charge >= 0.3 is 0 Å². The molecular formula is C12H21N3O2. The van der Waals surface area contributed by atoms with Gasteiger partial charge in [0.2, 0.25) is 0 Å². The van der Waals surface area contributed by atoms with Crippen molar-refractivity contribution < 1.29 is 9.84 Å². The first kappa shape index (κ1) is 12.5. The lowest BCUT2D eigenvalue weighted by atomic mass is 9.96. The lowest BCUT2D eigenvalue weighted by molar-refractivity contribution is 0.0376. The minimum atomic E-state index is -0.779. The zero-order chi connectivity index (χ0) is 12.5. The van der Waals surface area contributed by atoms with Crippen molar-refractivity contribution in [2.45, 2.75) is 31.5 Å². The van der Waals surface area contributed by atoms with Gasteiger partial charge < -0.3 is 14.7 Å². The molecule has 1 saturated heterocycles. The second kappa shape index (κ2) is 4.76. The van der Waals surface area contributed by atoms with E-state index in [1.54, 1.807) is 13.3 Å². The fourth-order valence-electron chi connectivity index (χ4n) is 2.55. The molecule has 1 N–H and O–H groups in total. The Kier molecular flexibility index (Phi) is 3.51. The molecule has 2 heterocycles. The predicted octanol–water partition coefficient (Wildman–Crippen LogP) is 0.441. The van der Waals surface area contributed by atoms with Gasteiger partial charge in [0.1, 0.15) is 5.60 Å². The standard InChI is InChI=1S/C12H21N3O2/c1-10-8-12(16,9-14(10)2)11-4-5-13-15(11)6-7-17-3/h4-5,10,16H,6-9H2,1-3H3. The lowest BCUT2D eigenvalue weighted by Gasteiger charge is -2.23. The molecule has 2 atom stereocenters. The summed E-state index contributed by atoms with van der Waals surface area (Å²) in [6, 6.07) is 2.30. The quantitative estimate of drug-likeness (QED) is 0.828. The fourth-order valence-corrected chi connectivity index (χ4v) is 2.55. The van der Waals surface area contributed by atoms with Crippen molar-refractivity contribution in [3.63, 3.8) is 0 Å². The summed E-state index contributed by atoms with van der Waals surface area (Å²) in [5.41, 5.74) is 0.115. The van der Waals surface area contributed by atoms with Crippen LogP contribution in [0.3, 0.4) is 0 Å². The van der Waals surface area contributed by atoms with Gasteiger partial charge in [0.15, 0.2) is 0 Å². The van der Waals surface area contributed by atoms with Crippen molar-refractivity contribution in [1.29, 1.82) is 0 Å². The molecule has 2 rings (SSSR count). The van der Waals surface area contributed by atoms with Crippen LogP contribution in [0.15, 0.2) is 12.3 Å². The maximum Gasteiger partial charge on any atom is 0.120 e. The Balaban J connectivity index is 2.19. The number of aliphatic hydroxyl groups is 1. The molecule has 1 fully saturated rings. The maximum absolute atomic E-state index is 10.7. The van der Waals surface area contributed by atoms with Gasteiger partial charge in [0.05, 0.1) is 18.8 Å². The number of β-amino-alcohol motifs (C(OH)–C–C–N with tert-alkyl or cyclic N) is 1. The minimum Gasteiger partial charge on any atom is -0.383 e. The monoisotopic (exact) mass is 239 g/mol. The number of methoxy groups -OCH3 is 1. The average Bonchev–Trinajstić information content (AvgIpc) is 2.83. The van der Waals surface area contributed by atoms with E-state index < -0.39 is 5.60 Å². The second-order valence-corrected chi connectivity index (χ2v) is 4.93. The van der Waals surface area contributed by atoms with Crippen LogP contribution >= 0.6 is 0 Å². The zero-order valence-corrected chi connectivity index (χ0v) is 10.8. The number of hydrogen-bond donors (Lipinski definition) is 1. The number of aromatic nitrogens is 2. The number of hydrogen-bond acceptors (Lipinski definition) is 4. The lowest BCUT2D eigenvalue weighted by Crippen LogP contribution is -2.32. The summed E-state index contributed by atoms with van der Waals surface area (Å²) in [5, 5.41) is 15.0. The van der Waals surface area contributed by atoms with Gasteiger partial charge in [-0.25, -0.2) is 0 Å². The molecule has 2 unspecified atom stereocenters. The van der Waals surface area contributed by atoms with E-state index in [4.69, 9.17) is 4.74 Å². The van der Waals surface area contributed by atoms with E-state index in [-0.39, 0.29) is 0 Å². The van der Waals surface area contributed by atoms with Crippen LogP contribution in [0.1, 0.15) is 19.0 Å². The molecule has 0 radical (unpaired) electrons. The summed E-state index contributed by atoms with van der Waals surface area (Å²) in [5.74, 6) is 0. The number of ether oxygens (including phenoxy) is 1. The molecule has 1 aromatic heterocycles. The highest BCUT2D eigenvalue weighted by molar-refractivity contribution is 5.16. The number of likely N-dealkylation sites (N-methyl/N-ethyl adjacent to an activating group) is 1. The highest BCUT2D eigenvalue weighted by Crippen LogP contribution is 2.34. The van der Waals surface area contributed by atoms with Crippen LogP contribution in [0.2, 0.25) is 0 Å². The summed E-state index contributed by atoms with van der Waals surface area (Å²) < 4.78 is 6.90. The summed E-state index contributed by atoms with van der Waals surface area (Å²) >= 11 is 0. The van der Waals surface area contributed by atoms with Crippen molar-refractivity contribution in [1.82, 2.24) is 14.7 Å². The van der Waals surface area contributed by atoms with Crippen molar-refractivity contribution >= 4 is 0 Å². The third-order valence-corrected chi connectivity index (χ3v) is 3.60. The maximum atomic E-state index is 10.7. The summed E-state index contributed by atoms with van der Waals surface area (Å²) in [6.07, 6.45) is 2.49. The highest BCUT2D eigenvalue weighted by Gasteiger charge is 2.42. The van der Waals surface area contributed by atoms with E-state index in [0.29, 0.717) is 25.7 Å². The van der Waals surface area contributed by atoms with E-state index in [1.807, 2.05) is 17.8 Å². The predicted molar refractivity (Wildman–Crippen MR) is 64.7 cm³/mol. The van der Waals surface area contributed by atoms with E-state index in [2.05, 4.69) is 16.9 Å². The first-order valence-corrected chi connectivity index (χ1v) is 6.00. The Morgan fingerprint density at radius 3 is 3.00 bits per heavy atom. The van der Waals surface area contributed by atoms with Crippen molar-refractivity contribution in [2.75, 3.05) is 27.3 Å². The molecule has 0 aromatic carbocycles. The number of nitrogens with zero attached hydrogens (tertiary/aromatic N) is 3. The highest BCUT2D eigenvalue weighted by atomic mass is 16.5. The molecule has 96 valence electrons. The Bertz CT molecular complexity index is 368. The summed E-state index contributed by atoms with van der Waals surface area (Å²) in [6.45, 7) is 4.08. The molecule has 0 amide bonds. The molecule has 1 aromatic rings.